The van der Waals surface area contributed by atoms with Gasteiger partial charge in [-0.05, 0) is 31.9 Å². The molecular weight excluding hydrogens is 479 g/mol. The highest BCUT2D eigenvalue weighted by Gasteiger charge is 2.36. The van der Waals surface area contributed by atoms with Gasteiger partial charge in [-0.25, -0.2) is 24.4 Å². The Labute approximate surface area is 202 Å². The van der Waals surface area contributed by atoms with Gasteiger partial charge in [-0.2, -0.15) is 13.2 Å². The number of carbonyl (C=O) groups is 1. The van der Waals surface area contributed by atoms with Gasteiger partial charge in [-0.3, -0.25) is 0 Å². The molecule has 1 aliphatic rings. The van der Waals surface area contributed by atoms with Gasteiger partial charge in [-0.15, -0.1) is 5.10 Å². The number of nitrogens with zero attached hydrogens (tertiary/aromatic N) is 7. The summed E-state index contributed by atoms with van der Waals surface area (Å²) in [5.41, 5.74) is 0.506. The Morgan fingerprint density at radius 3 is 2.72 bits per heavy atom. The van der Waals surface area contributed by atoms with Crippen LogP contribution >= 0.6 is 0 Å². The number of amides is 1. The fourth-order valence-corrected chi connectivity index (χ4v) is 4.40. The first-order valence-corrected chi connectivity index (χ1v) is 11.2. The van der Waals surface area contributed by atoms with Crippen molar-refractivity contribution < 1.29 is 23.1 Å². The Kier molecular flexibility index (Phi) is 5.73. The second-order valence-electron chi connectivity index (χ2n) is 8.69. The summed E-state index contributed by atoms with van der Waals surface area (Å²) in [4.78, 5) is 28.3. The lowest BCUT2D eigenvalue weighted by atomic mass is 10.00. The molecule has 14 heteroatoms. The SMILES string of the molecule is C[C@H]1CC[C@H](Nc2ncc(C(F)(F)F)c(-c3c[nH]c4nc(-c5cnnn5C)ccc34)n2)CN1C(=O)O. The van der Waals surface area contributed by atoms with Crippen molar-refractivity contribution in [3.8, 4) is 22.6 Å². The van der Waals surface area contributed by atoms with E-state index in [-0.39, 0.29) is 35.8 Å². The molecule has 11 nitrogen and oxygen atoms in total. The first-order valence-electron chi connectivity index (χ1n) is 11.2. The number of hydrogen-bond donors (Lipinski definition) is 3. The van der Waals surface area contributed by atoms with Crippen molar-refractivity contribution in [1.29, 1.82) is 0 Å². The smallest absolute Gasteiger partial charge is 0.419 e. The molecule has 1 saturated heterocycles. The van der Waals surface area contributed by atoms with E-state index in [1.807, 2.05) is 6.92 Å². The summed E-state index contributed by atoms with van der Waals surface area (Å²) >= 11 is 0. The molecule has 36 heavy (non-hydrogen) atoms. The van der Waals surface area contributed by atoms with Crippen LogP contribution in [0.4, 0.5) is 23.9 Å². The number of piperidine rings is 1. The van der Waals surface area contributed by atoms with Crippen molar-refractivity contribution in [1.82, 2.24) is 39.8 Å². The number of aromatic amines is 1. The van der Waals surface area contributed by atoms with Crippen LogP contribution in [0.15, 0.2) is 30.7 Å². The Morgan fingerprint density at radius 2 is 2.03 bits per heavy atom. The van der Waals surface area contributed by atoms with Gasteiger partial charge in [0, 0.05) is 49.0 Å². The number of likely N-dealkylation sites (tertiary alicyclic amines) is 1. The number of fused-ring (bicyclic) bond motifs is 1. The first kappa shape index (κ1) is 23.5. The molecule has 1 aliphatic heterocycles. The summed E-state index contributed by atoms with van der Waals surface area (Å²) in [5.74, 6) is -0.0113. The Bertz CT molecular complexity index is 1430. The lowest BCUT2D eigenvalue weighted by Crippen LogP contribution is -2.49. The van der Waals surface area contributed by atoms with E-state index in [1.165, 1.54) is 11.1 Å². The second kappa shape index (κ2) is 8.77. The number of aryl methyl sites for hydroxylation is 1. The van der Waals surface area contributed by atoms with Crippen LogP contribution in [0.1, 0.15) is 25.3 Å². The molecule has 4 aromatic rings. The normalized spacial score (nSPS) is 18.5. The number of carboxylic acid groups (broad SMARTS) is 1. The van der Waals surface area contributed by atoms with E-state index in [1.54, 1.807) is 30.1 Å². The summed E-state index contributed by atoms with van der Waals surface area (Å²) in [6.45, 7) is 2.00. The van der Waals surface area contributed by atoms with Gasteiger partial charge in [-0.1, -0.05) is 5.21 Å². The molecule has 0 radical (unpaired) electrons. The first-order chi connectivity index (χ1) is 17.1. The van der Waals surface area contributed by atoms with Crippen LogP contribution in [0, 0.1) is 0 Å². The fourth-order valence-electron chi connectivity index (χ4n) is 4.40. The molecule has 0 unspecified atom stereocenters. The largest absolute Gasteiger partial charge is 0.465 e. The van der Waals surface area contributed by atoms with Gasteiger partial charge in [0.1, 0.15) is 16.9 Å². The number of alkyl halides is 3. The molecule has 5 heterocycles. The molecule has 1 amide bonds. The zero-order valence-electron chi connectivity index (χ0n) is 19.3. The van der Waals surface area contributed by atoms with Gasteiger partial charge in [0.15, 0.2) is 0 Å². The van der Waals surface area contributed by atoms with Crippen LogP contribution in [0.3, 0.4) is 0 Å². The predicted molar refractivity (Wildman–Crippen MR) is 123 cm³/mol. The number of pyridine rings is 1. The molecule has 3 N–H and O–H groups in total. The topological polar surface area (TPSA) is 138 Å². The standard InChI is InChI=1S/C22H22F3N9O2/c1-11-3-4-12(10-34(11)21(35)36)29-20-27-8-15(22(23,24)25)18(31-20)14-7-26-19-13(14)5-6-16(30-19)17-9-28-32-33(17)2/h5-9,11-12H,3-4,10H2,1-2H3,(H,26,30)(H,35,36)(H,27,29,31)/t11-,12-/m0/s1. The third kappa shape index (κ3) is 4.29. The molecule has 2 atom stereocenters. The van der Waals surface area contributed by atoms with Crippen molar-refractivity contribution in [2.45, 2.75) is 38.0 Å². The molecule has 0 aromatic carbocycles. The van der Waals surface area contributed by atoms with Crippen LogP contribution in [0.2, 0.25) is 0 Å². The van der Waals surface area contributed by atoms with Crippen LogP contribution in [-0.4, -0.2) is 69.7 Å². The molecule has 1 fully saturated rings. The lowest BCUT2D eigenvalue weighted by molar-refractivity contribution is -0.137. The number of halogens is 3. The summed E-state index contributed by atoms with van der Waals surface area (Å²) in [6, 6.07) is 2.87. The van der Waals surface area contributed by atoms with Gasteiger partial charge in [0.25, 0.3) is 0 Å². The highest BCUT2D eigenvalue weighted by Crippen LogP contribution is 2.39. The van der Waals surface area contributed by atoms with Crippen LogP contribution in [-0.2, 0) is 13.2 Å². The maximum atomic E-state index is 13.9. The van der Waals surface area contributed by atoms with E-state index in [0.29, 0.717) is 35.3 Å². The monoisotopic (exact) mass is 501 g/mol. The van der Waals surface area contributed by atoms with E-state index in [0.717, 1.165) is 6.20 Å². The van der Waals surface area contributed by atoms with Crippen LogP contribution in [0.5, 0.6) is 0 Å². The quantitative estimate of drug-likeness (QED) is 0.384. The van der Waals surface area contributed by atoms with Gasteiger partial charge in [0.2, 0.25) is 5.95 Å². The van der Waals surface area contributed by atoms with Crippen molar-refractivity contribution in [3.05, 3.63) is 36.3 Å². The second-order valence-corrected chi connectivity index (χ2v) is 8.69. The number of aromatic nitrogens is 7. The van der Waals surface area contributed by atoms with Gasteiger partial charge >= 0.3 is 12.3 Å². The van der Waals surface area contributed by atoms with Gasteiger partial charge < -0.3 is 20.3 Å². The fraction of sp³-hybridized carbons (Fsp3) is 0.364. The van der Waals surface area contributed by atoms with Crippen LogP contribution < -0.4 is 5.32 Å². The third-order valence-electron chi connectivity index (χ3n) is 6.33. The Hall–Kier alpha value is -4.23. The number of anilines is 1. The Morgan fingerprint density at radius 1 is 1.22 bits per heavy atom. The molecule has 5 rings (SSSR count). The average Bonchev–Trinajstić information content (AvgIpc) is 3.45. The summed E-state index contributed by atoms with van der Waals surface area (Å²) in [5, 5.41) is 20.6. The molecule has 188 valence electrons. The third-order valence-corrected chi connectivity index (χ3v) is 6.33. The van der Waals surface area contributed by atoms with E-state index in [2.05, 4.69) is 35.6 Å². The Balaban J connectivity index is 1.51. The minimum absolute atomic E-state index is 0.0113. The summed E-state index contributed by atoms with van der Waals surface area (Å²) in [7, 11) is 1.71. The predicted octanol–water partition coefficient (Wildman–Crippen LogP) is 3.78. The highest BCUT2D eigenvalue weighted by atomic mass is 19.4. The van der Waals surface area contributed by atoms with Crippen molar-refractivity contribution in [3.63, 3.8) is 0 Å². The maximum absolute atomic E-state index is 13.9. The van der Waals surface area contributed by atoms with E-state index in [9.17, 15) is 23.1 Å². The van der Waals surface area contributed by atoms with E-state index < -0.39 is 17.8 Å². The summed E-state index contributed by atoms with van der Waals surface area (Å²) in [6.07, 6.45) is -0.778. The zero-order chi connectivity index (χ0) is 25.6. The molecule has 0 bridgehead atoms. The summed E-state index contributed by atoms with van der Waals surface area (Å²) < 4.78 is 43.2. The number of nitrogens with one attached hydrogen (secondary N) is 2. The molecule has 0 spiro atoms. The molecule has 0 saturated carbocycles. The van der Waals surface area contributed by atoms with Crippen molar-refractivity contribution in [2.24, 2.45) is 7.05 Å². The van der Waals surface area contributed by atoms with E-state index in [4.69, 9.17) is 0 Å². The van der Waals surface area contributed by atoms with Gasteiger partial charge in [0.05, 0.1) is 17.6 Å². The number of H-pyrrole nitrogens is 1. The number of hydrogen-bond acceptors (Lipinski definition) is 7. The molecule has 4 aromatic heterocycles. The minimum Gasteiger partial charge on any atom is -0.465 e. The minimum atomic E-state index is -4.69. The van der Waals surface area contributed by atoms with E-state index >= 15 is 0 Å². The number of rotatable bonds is 4. The lowest BCUT2D eigenvalue weighted by Gasteiger charge is -2.36. The average molecular weight is 501 g/mol. The molecule has 0 aliphatic carbocycles. The molecular formula is C22H22F3N9O2. The van der Waals surface area contributed by atoms with Crippen LogP contribution in [0.25, 0.3) is 33.7 Å². The maximum Gasteiger partial charge on any atom is 0.419 e. The zero-order valence-corrected chi connectivity index (χ0v) is 19.3. The van der Waals surface area contributed by atoms with Crippen molar-refractivity contribution in [2.75, 3.05) is 11.9 Å². The van der Waals surface area contributed by atoms with Crippen molar-refractivity contribution >= 4 is 23.1 Å². The highest BCUT2D eigenvalue weighted by molar-refractivity contribution is 5.94.